The highest BCUT2D eigenvalue weighted by Gasteiger charge is 2.23. The van der Waals surface area contributed by atoms with Crippen molar-refractivity contribution in [2.75, 3.05) is 19.3 Å². The predicted octanol–water partition coefficient (Wildman–Crippen LogP) is -0.191. The quantitative estimate of drug-likeness (QED) is 0.780. The third-order valence-corrected chi connectivity index (χ3v) is 4.15. The molecule has 0 bridgehead atoms. The van der Waals surface area contributed by atoms with Crippen LogP contribution in [0.25, 0.3) is 0 Å². The van der Waals surface area contributed by atoms with Crippen molar-refractivity contribution >= 4 is 21.7 Å². The molecule has 0 aliphatic heterocycles. The van der Waals surface area contributed by atoms with E-state index >= 15 is 0 Å². The van der Waals surface area contributed by atoms with Crippen LogP contribution in [-0.4, -0.2) is 43.8 Å². The van der Waals surface area contributed by atoms with Gasteiger partial charge in [0.15, 0.2) is 0 Å². The molecule has 0 radical (unpaired) electrons. The zero-order valence-corrected chi connectivity index (χ0v) is 11.9. The minimum absolute atomic E-state index is 0.0273. The van der Waals surface area contributed by atoms with Crippen LogP contribution in [0.1, 0.15) is 13.8 Å². The van der Waals surface area contributed by atoms with Gasteiger partial charge in [0.25, 0.3) is 0 Å². The maximum Gasteiger partial charge on any atom is 0.242 e. The van der Waals surface area contributed by atoms with Crippen LogP contribution in [0, 0.1) is 0 Å². The molecule has 0 saturated carbocycles. The van der Waals surface area contributed by atoms with Gasteiger partial charge in [-0.2, -0.15) is 4.72 Å². The number of rotatable bonds is 5. The summed E-state index contributed by atoms with van der Waals surface area (Å²) in [7, 11) is -2.17. The summed E-state index contributed by atoms with van der Waals surface area (Å²) < 4.78 is 26.3. The molecule has 1 atom stereocenters. The van der Waals surface area contributed by atoms with Gasteiger partial charge < -0.3 is 10.6 Å². The van der Waals surface area contributed by atoms with Crippen LogP contribution in [0.4, 0.5) is 5.82 Å². The van der Waals surface area contributed by atoms with E-state index in [-0.39, 0.29) is 16.6 Å². The van der Waals surface area contributed by atoms with Crippen molar-refractivity contribution in [3.8, 4) is 0 Å². The average molecular weight is 286 g/mol. The number of nitrogens with two attached hydrogens (primary N) is 1. The molecule has 1 unspecified atom stereocenters. The highest BCUT2D eigenvalue weighted by atomic mass is 32.2. The van der Waals surface area contributed by atoms with Gasteiger partial charge in [-0.3, -0.25) is 4.79 Å². The Hall–Kier alpha value is -1.67. The van der Waals surface area contributed by atoms with Gasteiger partial charge in [0.05, 0.1) is 6.04 Å². The Morgan fingerprint density at radius 1 is 1.53 bits per heavy atom. The van der Waals surface area contributed by atoms with Gasteiger partial charge in [-0.25, -0.2) is 13.4 Å². The zero-order valence-electron chi connectivity index (χ0n) is 11.1. The van der Waals surface area contributed by atoms with Gasteiger partial charge in [0.1, 0.15) is 10.7 Å². The predicted molar refractivity (Wildman–Crippen MR) is 71.7 cm³/mol. The molecule has 1 amide bonds. The number of carbonyl (C=O) groups is 1. The molecule has 19 heavy (non-hydrogen) atoms. The van der Waals surface area contributed by atoms with E-state index in [4.69, 9.17) is 5.73 Å². The molecule has 7 nitrogen and oxygen atoms in total. The number of anilines is 1. The van der Waals surface area contributed by atoms with Gasteiger partial charge in [-0.15, -0.1) is 0 Å². The number of hydrogen-bond acceptors (Lipinski definition) is 5. The normalized spacial score (nSPS) is 13.0. The van der Waals surface area contributed by atoms with Gasteiger partial charge >= 0.3 is 0 Å². The van der Waals surface area contributed by atoms with Gasteiger partial charge in [-0.05, 0) is 26.0 Å². The van der Waals surface area contributed by atoms with Crippen LogP contribution in [0.2, 0.25) is 0 Å². The summed E-state index contributed by atoms with van der Waals surface area (Å²) in [5.74, 6) is -0.0664. The molecule has 0 aromatic carbocycles. The molecule has 0 spiro atoms. The Morgan fingerprint density at radius 2 is 2.16 bits per heavy atom. The maximum absolute atomic E-state index is 12.0. The third kappa shape index (κ3) is 3.90. The number of nitrogens with zero attached hydrogens (tertiary/aromatic N) is 2. The molecule has 8 heteroatoms. The van der Waals surface area contributed by atoms with Crippen molar-refractivity contribution in [1.82, 2.24) is 14.6 Å². The highest BCUT2D eigenvalue weighted by molar-refractivity contribution is 7.89. The Kier molecular flexibility index (Phi) is 4.84. The van der Waals surface area contributed by atoms with Gasteiger partial charge in [-0.1, -0.05) is 0 Å². The van der Waals surface area contributed by atoms with E-state index < -0.39 is 16.1 Å². The Labute approximate surface area is 112 Å². The second-order valence-corrected chi connectivity index (χ2v) is 5.83. The van der Waals surface area contributed by atoms with E-state index in [2.05, 4.69) is 9.71 Å². The number of sulfonamides is 1. The summed E-state index contributed by atoms with van der Waals surface area (Å²) >= 11 is 0. The van der Waals surface area contributed by atoms with E-state index in [9.17, 15) is 13.2 Å². The smallest absolute Gasteiger partial charge is 0.242 e. The lowest BCUT2D eigenvalue weighted by Crippen LogP contribution is -2.45. The van der Waals surface area contributed by atoms with Crippen LogP contribution < -0.4 is 10.5 Å². The molecule has 0 saturated heterocycles. The third-order valence-electron chi connectivity index (χ3n) is 2.62. The lowest BCUT2D eigenvalue weighted by atomic mass is 10.3. The van der Waals surface area contributed by atoms with Gasteiger partial charge in [0.2, 0.25) is 15.9 Å². The highest BCUT2D eigenvalue weighted by Crippen LogP contribution is 2.09. The summed E-state index contributed by atoms with van der Waals surface area (Å²) in [4.78, 5) is 16.9. The summed E-state index contributed by atoms with van der Waals surface area (Å²) in [6, 6.07) is 1.89. The van der Waals surface area contributed by atoms with Crippen LogP contribution in [-0.2, 0) is 14.8 Å². The molecule has 1 aromatic rings. The van der Waals surface area contributed by atoms with Crippen molar-refractivity contribution in [3.63, 3.8) is 0 Å². The van der Waals surface area contributed by atoms with Crippen LogP contribution in [0.3, 0.4) is 0 Å². The fourth-order valence-corrected chi connectivity index (χ4v) is 2.53. The van der Waals surface area contributed by atoms with E-state index in [1.54, 1.807) is 7.05 Å². The fourth-order valence-electron chi connectivity index (χ4n) is 1.39. The van der Waals surface area contributed by atoms with Crippen molar-refractivity contribution in [1.29, 1.82) is 0 Å². The Balaban J connectivity index is 2.86. The van der Waals surface area contributed by atoms with Crippen LogP contribution in [0.5, 0.6) is 0 Å². The molecule has 1 aromatic heterocycles. The summed E-state index contributed by atoms with van der Waals surface area (Å²) in [5.41, 5.74) is 5.39. The molecular weight excluding hydrogens is 268 g/mol. The molecule has 0 aliphatic rings. The molecule has 1 rings (SSSR count). The second-order valence-electron chi connectivity index (χ2n) is 4.11. The fraction of sp³-hybridized carbons (Fsp3) is 0.455. The van der Waals surface area contributed by atoms with Crippen molar-refractivity contribution < 1.29 is 13.2 Å². The molecule has 1 heterocycles. The van der Waals surface area contributed by atoms with Crippen LogP contribution >= 0.6 is 0 Å². The summed E-state index contributed by atoms with van der Waals surface area (Å²) in [6.45, 7) is 3.81. The summed E-state index contributed by atoms with van der Waals surface area (Å²) in [6.07, 6.45) is 1.15. The topological polar surface area (TPSA) is 105 Å². The molecule has 0 aliphatic carbocycles. The van der Waals surface area contributed by atoms with Crippen molar-refractivity contribution in [2.45, 2.75) is 24.8 Å². The van der Waals surface area contributed by atoms with E-state index in [1.165, 1.54) is 24.0 Å². The standard InChI is InChI=1S/C11H18N4O3S/c1-4-15(3)11(16)8(2)14-19(17,18)9-5-6-10(12)13-7-9/h5-8,14H,4H2,1-3H3,(H2,12,13). The molecule has 0 fully saturated rings. The number of nitrogen functional groups attached to an aromatic ring is 1. The zero-order chi connectivity index (χ0) is 14.6. The molecule has 106 valence electrons. The SMILES string of the molecule is CCN(C)C(=O)C(C)NS(=O)(=O)c1ccc(N)nc1. The first-order valence-corrected chi connectivity index (χ1v) is 7.25. The van der Waals surface area contributed by atoms with E-state index in [1.807, 2.05) is 6.92 Å². The van der Waals surface area contributed by atoms with Crippen LogP contribution in [0.15, 0.2) is 23.2 Å². The first kappa shape index (κ1) is 15.4. The maximum atomic E-state index is 12.0. The van der Waals surface area contributed by atoms with E-state index in [0.29, 0.717) is 6.54 Å². The first-order valence-electron chi connectivity index (χ1n) is 5.76. The molecule has 3 N–H and O–H groups in total. The van der Waals surface area contributed by atoms with Crippen molar-refractivity contribution in [2.24, 2.45) is 0 Å². The Bertz CT molecular complexity index is 542. The van der Waals surface area contributed by atoms with E-state index in [0.717, 1.165) is 6.20 Å². The number of likely N-dealkylation sites (N-methyl/N-ethyl adjacent to an activating group) is 1. The monoisotopic (exact) mass is 286 g/mol. The second kappa shape index (κ2) is 5.98. The largest absolute Gasteiger partial charge is 0.384 e. The van der Waals surface area contributed by atoms with Crippen molar-refractivity contribution in [3.05, 3.63) is 18.3 Å². The number of aromatic nitrogens is 1. The lowest BCUT2D eigenvalue weighted by molar-refractivity contribution is -0.131. The lowest BCUT2D eigenvalue weighted by Gasteiger charge is -2.20. The number of amides is 1. The number of hydrogen-bond donors (Lipinski definition) is 2. The first-order chi connectivity index (χ1) is 8.77. The number of nitrogens with one attached hydrogen (secondary N) is 1. The summed E-state index contributed by atoms with van der Waals surface area (Å²) in [5, 5.41) is 0. The molecular formula is C11H18N4O3S. The minimum atomic E-state index is -3.78. The average Bonchev–Trinajstić information content (AvgIpc) is 2.36. The number of pyridine rings is 1. The van der Waals surface area contributed by atoms with Gasteiger partial charge in [0, 0.05) is 19.8 Å². The number of carbonyl (C=O) groups excluding carboxylic acids is 1. The Morgan fingerprint density at radius 3 is 2.63 bits per heavy atom. The minimum Gasteiger partial charge on any atom is -0.384 e.